The van der Waals surface area contributed by atoms with Gasteiger partial charge in [-0.15, -0.1) is 5.10 Å². The van der Waals surface area contributed by atoms with E-state index in [1.807, 2.05) is 36.4 Å². The molecule has 5 heterocycles. The largest absolute Gasteiger partial charge is 0.434 e. The van der Waals surface area contributed by atoms with Crippen molar-refractivity contribution in [3.63, 3.8) is 0 Å². The highest BCUT2D eigenvalue weighted by Gasteiger charge is 2.32. The van der Waals surface area contributed by atoms with E-state index in [2.05, 4.69) is 31.6 Å². The number of pyridine rings is 1. The van der Waals surface area contributed by atoms with Crippen LogP contribution in [0.4, 0.5) is 5.95 Å². The maximum Gasteiger partial charge on any atom is 0.434 e. The number of H-pyrrole nitrogens is 1. The average Bonchev–Trinajstić information content (AvgIpc) is 3.62. The summed E-state index contributed by atoms with van der Waals surface area (Å²) >= 11 is 6.46. The standard InChI is InChI=1S/C30H31ClN8O3/c1-18-5-7-19(8-6-18)16-39-25-24(21-3-2-4-22(31)15-21)33-27(28-36-37-30(40)42-28)34-26(25)35-29(39)38-13-14-41-17-23(38)20-9-11-32-12-10-20/h2-4,9-12,15,18-19,23H,5-8,13-14,16-17H2,1H3,(H,37,40)/t18-,19-,23-/m0/s1. The van der Waals surface area contributed by atoms with Gasteiger partial charge >= 0.3 is 5.76 Å². The number of fused-ring (bicyclic) bond motifs is 1. The molecular weight excluding hydrogens is 556 g/mol. The normalized spacial score (nSPS) is 21.2. The van der Waals surface area contributed by atoms with Gasteiger partial charge < -0.3 is 18.6 Å². The topological polar surface area (TPSA) is 128 Å². The fourth-order valence-corrected chi connectivity index (χ4v) is 6.34. The van der Waals surface area contributed by atoms with Crippen molar-refractivity contribution >= 4 is 28.7 Å². The average molecular weight is 587 g/mol. The van der Waals surface area contributed by atoms with E-state index in [-0.39, 0.29) is 17.8 Å². The first-order valence-corrected chi connectivity index (χ1v) is 14.8. The summed E-state index contributed by atoms with van der Waals surface area (Å²) in [6, 6.07) is 11.6. The number of aromatic nitrogens is 7. The predicted octanol–water partition coefficient (Wildman–Crippen LogP) is 5.29. The summed E-state index contributed by atoms with van der Waals surface area (Å²) in [6.45, 7) is 4.90. The molecule has 0 radical (unpaired) electrons. The number of rotatable bonds is 6. The molecule has 2 fully saturated rings. The van der Waals surface area contributed by atoms with Crippen molar-refractivity contribution in [1.82, 2.24) is 34.7 Å². The van der Waals surface area contributed by atoms with E-state index in [0.717, 1.165) is 47.9 Å². The lowest BCUT2D eigenvalue weighted by Crippen LogP contribution is -2.41. The quantitative estimate of drug-likeness (QED) is 0.282. The molecule has 7 rings (SSSR count). The molecule has 4 aromatic heterocycles. The van der Waals surface area contributed by atoms with Crippen molar-refractivity contribution in [2.75, 3.05) is 24.7 Å². The van der Waals surface area contributed by atoms with E-state index in [0.29, 0.717) is 42.0 Å². The maximum absolute atomic E-state index is 11.8. The van der Waals surface area contributed by atoms with Crippen molar-refractivity contribution in [2.45, 2.75) is 45.2 Å². The molecular formula is C30H31ClN8O3. The fourth-order valence-electron chi connectivity index (χ4n) is 6.15. The molecule has 2 aliphatic rings. The Kier molecular flexibility index (Phi) is 7.20. The smallest absolute Gasteiger partial charge is 0.384 e. The summed E-state index contributed by atoms with van der Waals surface area (Å²) in [4.78, 5) is 33.2. The van der Waals surface area contributed by atoms with Crippen LogP contribution in [0.25, 0.3) is 34.1 Å². The molecule has 1 saturated carbocycles. The Balaban J connectivity index is 1.45. The molecule has 1 aliphatic carbocycles. The maximum atomic E-state index is 11.8. The minimum atomic E-state index is -0.677. The highest BCUT2D eigenvalue weighted by molar-refractivity contribution is 6.30. The van der Waals surface area contributed by atoms with E-state index in [4.69, 9.17) is 35.7 Å². The molecule has 216 valence electrons. The minimum absolute atomic E-state index is 0.00332. The first kappa shape index (κ1) is 26.8. The highest BCUT2D eigenvalue weighted by Crippen LogP contribution is 2.38. The number of nitrogens with zero attached hydrogens (tertiary/aromatic N) is 7. The van der Waals surface area contributed by atoms with E-state index >= 15 is 0 Å². The van der Waals surface area contributed by atoms with Crippen LogP contribution < -0.4 is 10.7 Å². The van der Waals surface area contributed by atoms with Crippen LogP contribution in [0.2, 0.25) is 5.02 Å². The number of anilines is 1. The lowest BCUT2D eigenvalue weighted by molar-refractivity contribution is 0.0927. The first-order chi connectivity index (χ1) is 20.5. The summed E-state index contributed by atoms with van der Waals surface area (Å²) < 4.78 is 13.5. The number of imidazole rings is 1. The van der Waals surface area contributed by atoms with E-state index < -0.39 is 5.76 Å². The molecule has 1 atom stereocenters. The number of hydrogen-bond donors (Lipinski definition) is 1. The van der Waals surface area contributed by atoms with Gasteiger partial charge in [0.15, 0.2) is 5.65 Å². The number of morpholine rings is 1. The second kappa shape index (κ2) is 11.3. The number of halogens is 1. The van der Waals surface area contributed by atoms with Gasteiger partial charge in [0.25, 0.3) is 5.89 Å². The lowest BCUT2D eigenvalue weighted by Gasteiger charge is -2.37. The van der Waals surface area contributed by atoms with Crippen LogP contribution in [0.3, 0.4) is 0 Å². The van der Waals surface area contributed by atoms with Gasteiger partial charge in [-0.1, -0.05) is 43.5 Å². The molecule has 1 aliphatic heterocycles. The highest BCUT2D eigenvalue weighted by atomic mass is 35.5. The van der Waals surface area contributed by atoms with Gasteiger partial charge in [0.2, 0.25) is 11.8 Å². The van der Waals surface area contributed by atoms with Gasteiger partial charge in [0.05, 0.1) is 19.3 Å². The van der Waals surface area contributed by atoms with Crippen LogP contribution in [-0.4, -0.2) is 54.5 Å². The molecule has 0 bridgehead atoms. The zero-order valence-electron chi connectivity index (χ0n) is 23.2. The van der Waals surface area contributed by atoms with Crippen LogP contribution in [-0.2, 0) is 11.3 Å². The van der Waals surface area contributed by atoms with Gasteiger partial charge in [-0.05, 0) is 54.5 Å². The number of nitrogens with one attached hydrogen (secondary N) is 1. The summed E-state index contributed by atoms with van der Waals surface area (Å²) in [5.74, 6) is 1.55. The second-order valence-electron chi connectivity index (χ2n) is 11.2. The van der Waals surface area contributed by atoms with Crippen LogP contribution >= 0.6 is 11.6 Å². The number of benzene rings is 1. The first-order valence-electron chi connectivity index (χ1n) is 14.4. The molecule has 42 heavy (non-hydrogen) atoms. The summed E-state index contributed by atoms with van der Waals surface area (Å²) in [5.41, 5.74) is 3.88. The minimum Gasteiger partial charge on any atom is -0.384 e. The molecule has 1 saturated heterocycles. The van der Waals surface area contributed by atoms with E-state index in [1.165, 1.54) is 12.8 Å². The SMILES string of the molecule is C[C@H]1CC[C@H](Cn2c(N3CCOC[C@H]3c3ccncc3)nc3nc(-c4n[nH]c(=O)o4)nc(-c4cccc(Cl)c4)c32)CC1. The Morgan fingerprint density at radius 2 is 1.90 bits per heavy atom. The van der Waals surface area contributed by atoms with E-state index in [1.54, 1.807) is 12.4 Å². The Bertz CT molecular complexity index is 1760. The predicted molar refractivity (Wildman–Crippen MR) is 158 cm³/mol. The molecule has 0 amide bonds. The van der Waals surface area contributed by atoms with Crippen molar-refractivity contribution in [3.8, 4) is 23.0 Å². The molecule has 0 unspecified atom stereocenters. The monoisotopic (exact) mass is 586 g/mol. The Labute approximate surface area is 246 Å². The van der Waals surface area contributed by atoms with Gasteiger partial charge in [-0.3, -0.25) is 4.98 Å². The molecule has 1 aromatic carbocycles. The van der Waals surface area contributed by atoms with Crippen LogP contribution in [0.1, 0.15) is 44.2 Å². The van der Waals surface area contributed by atoms with Gasteiger partial charge in [-0.25, -0.2) is 19.9 Å². The number of hydrogen-bond acceptors (Lipinski definition) is 9. The van der Waals surface area contributed by atoms with Gasteiger partial charge in [-0.2, -0.15) is 4.98 Å². The van der Waals surface area contributed by atoms with Crippen molar-refractivity contribution in [3.05, 3.63) is 69.9 Å². The summed E-state index contributed by atoms with van der Waals surface area (Å²) in [6.07, 6.45) is 8.34. The zero-order valence-corrected chi connectivity index (χ0v) is 24.0. The summed E-state index contributed by atoms with van der Waals surface area (Å²) in [7, 11) is 0. The van der Waals surface area contributed by atoms with Crippen molar-refractivity contribution in [1.29, 1.82) is 0 Å². The van der Waals surface area contributed by atoms with Crippen molar-refractivity contribution in [2.24, 2.45) is 11.8 Å². The zero-order chi connectivity index (χ0) is 28.6. The van der Waals surface area contributed by atoms with Crippen LogP contribution in [0, 0.1) is 11.8 Å². The Morgan fingerprint density at radius 1 is 1.07 bits per heavy atom. The Morgan fingerprint density at radius 3 is 2.67 bits per heavy atom. The third kappa shape index (κ3) is 5.18. The van der Waals surface area contributed by atoms with Gasteiger partial charge in [0, 0.05) is 36.1 Å². The second-order valence-corrected chi connectivity index (χ2v) is 11.6. The summed E-state index contributed by atoms with van der Waals surface area (Å²) in [5, 5.41) is 6.89. The molecule has 5 aromatic rings. The lowest BCUT2D eigenvalue weighted by atomic mass is 9.83. The van der Waals surface area contributed by atoms with Crippen molar-refractivity contribution < 1.29 is 9.15 Å². The molecule has 0 spiro atoms. The molecule has 12 heteroatoms. The van der Waals surface area contributed by atoms with E-state index in [9.17, 15) is 4.79 Å². The molecule has 1 N–H and O–H groups in total. The number of ether oxygens (including phenoxy) is 1. The third-order valence-corrected chi connectivity index (χ3v) is 8.60. The molecule has 11 nitrogen and oxygen atoms in total. The Hall–Kier alpha value is -4.09. The number of aromatic amines is 1. The third-order valence-electron chi connectivity index (χ3n) is 8.36. The van der Waals surface area contributed by atoms with Crippen LogP contribution in [0.15, 0.2) is 58.0 Å². The fraction of sp³-hybridized carbons (Fsp3) is 0.400. The van der Waals surface area contributed by atoms with Crippen LogP contribution in [0.5, 0.6) is 0 Å². The van der Waals surface area contributed by atoms with Gasteiger partial charge in [0.1, 0.15) is 11.2 Å².